The van der Waals surface area contributed by atoms with Gasteiger partial charge in [-0.1, -0.05) is 30.3 Å². The summed E-state index contributed by atoms with van der Waals surface area (Å²) in [7, 11) is 0. The van der Waals surface area contributed by atoms with Crippen LogP contribution in [0, 0.1) is 13.8 Å². The minimum Gasteiger partial charge on any atom is -0.341 e. The van der Waals surface area contributed by atoms with Gasteiger partial charge in [-0.25, -0.2) is 9.97 Å². The van der Waals surface area contributed by atoms with Gasteiger partial charge in [-0.05, 0) is 32.3 Å². The Hall–Kier alpha value is -2.47. The first kappa shape index (κ1) is 14.8. The van der Waals surface area contributed by atoms with Crippen molar-refractivity contribution in [2.24, 2.45) is 0 Å². The van der Waals surface area contributed by atoms with E-state index in [1.165, 1.54) is 23.3 Å². The third-order valence-corrected chi connectivity index (χ3v) is 6.11. The van der Waals surface area contributed by atoms with Crippen LogP contribution in [0.1, 0.15) is 23.3 Å². The van der Waals surface area contributed by atoms with Crippen molar-refractivity contribution in [3.05, 3.63) is 40.8 Å². The molecule has 0 aliphatic carbocycles. The summed E-state index contributed by atoms with van der Waals surface area (Å²) in [6.07, 6.45) is 2.42. The first-order valence-corrected chi connectivity index (χ1v) is 9.51. The Morgan fingerprint density at radius 2 is 1.76 bits per heavy atom. The molecule has 3 aromatic heterocycles. The molecule has 1 fully saturated rings. The van der Waals surface area contributed by atoms with E-state index in [0.717, 1.165) is 46.3 Å². The van der Waals surface area contributed by atoms with Crippen molar-refractivity contribution in [1.29, 1.82) is 0 Å². The molecule has 0 unspecified atom stereocenters. The molecule has 0 N–H and O–H groups in total. The Labute approximate surface area is 149 Å². The van der Waals surface area contributed by atoms with Gasteiger partial charge in [0.25, 0.3) is 0 Å². The third kappa shape index (κ3) is 2.24. The quantitative estimate of drug-likeness (QED) is 0.543. The van der Waals surface area contributed by atoms with E-state index in [1.807, 2.05) is 22.7 Å². The third-order valence-electron chi connectivity index (χ3n) is 5.01. The highest BCUT2D eigenvalue weighted by Gasteiger charge is 2.23. The average molecular weight is 349 g/mol. The predicted molar refractivity (Wildman–Crippen MR) is 103 cm³/mol. The summed E-state index contributed by atoms with van der Waals surface area (Å²) < 4.78 is 1.95. The highest BCUT2D eigenvalue weighted by atomic mass is 32.1. The SMILES string of the molecule is Cc1sc2nc(N3CCCC3)n3nc(-c4ccccc4)nc3c2c1C. The molecule has 4 heterocycles. The number of rotatable bonds is 2. The Kier molecular flexibility index (Phi) is 3.28. The zero-order chi connectivity index (χ0) is 17.0. The molecule has 0 radical (unpaired) electrons. The van der Waals surface area contributed by atoms with Crippen molar-refractivity contribution in [3.63, 3.8) is 0 Å². The van der Waals surface area contributed by atoms with E-state index in [9.17, 15) is 0 Å². The largest absolute Gasteiger partial charge is 0.341 e. The van der Waals surface area contributed by atoms with Gasteiger partial charge in [-0.2, -0.15) is 4.52 Å². The second kappa shape index (κ2) is 5.52. The minimum atomic E-state index is 0.763. The van der Waals surface area contributed by atoms with Crippen molar-refractivity contribution in [2.45, 2.75) is 26.7 Å². The second-order valence-corrected chi connectivity index (χ2v) is 7.81. The molecule has 0 saturated carbocycles. The Balaban J connectivity index is 1.84. The lowest BCUT2D eigenvalue weighted by Crippen LogP contribution is -2.22. The molecule has 0 atom stereocenters. The molecule has 126 valence electrons. The van der Waals surface area contributed by atoms with Crippen LogP contribution >= 0.6 is 11.3 Å². The van der Waals surface area contributed by atoms with Gasteiger partial charge in [0.2, 0.25) is 5.95 Å². The summed E-state index contributed by atoms with van der Waals surface area (Å²) in [5, 5.41) is 5.97. The Bertz CT molecular complexity index is 1070. The predicted octanol–water partition coefficient (Wildman–Crippen LogP) is 4.22. The molecular weight excluding hydrogens is 330 g/mol. The molecule has 5 rings (SSSR count). The van der Waals surface area contributed by atoms with E-state index in [1.54, 1.807) is 11.3 Å². The van der Waals surface area contributed by atoms with Gasteiger partial charge in [0.1, 0.15) is 4.83 Å². The molecular formula is C19H19N5S. The number of fused-ring (bicyclic) bond motifs is 3. The van der Waals surface area contributed by atoms with Gasteiger partial charge < -0.3 is 4.90 Å². The molecule has 5 nitrogen and oxygen atoms in total. The van der Waals surface area contributed by atoms with E-state index < -0.39 is 0 Å². The van der Waals surface area contributed by atoms with Crippen LogP contribution in [0.15, 0.2) is 30.3 Å². The number of hydrogen-bond acceptors (Lipinski definition) is 5. The van der Waals surface area contributed by atoms with Crippen LogP contribution in [-0.4, -0.2) is 32.7 Å². The molecule has 6 heteroatoms. The molecule has 1 saturated heterocycles. The van der Waals surface area contributed by atoms with Crippen molar-refractivity contribution in [3.8, 4) is 11.4 Å². The first-order chi connectivity index (χ1) is 12.2. The number of nitrogens with zero attached hydrogens (tertiary/aromatic N) is 5. The van der Waals surface area contributed by atoms with E-state index in [-0.39, 0.29) is 0 Å². The number of aryl methyl sites for hydroxylation is 2. The number of aromatic nitrogens is 4. The fourth-order valence-corrected chi connectivity index (χ4v) is 4.55. The van der Waals surface area contributed by atoms with Crippen LogP contribution in [0.25, 0.3) is 27.3 Å². The van der Waals surface area contributed by atoms with Crippen LogP contribution < -0.4 is 4.90 Å². The average Bonchev–Trinajstić information content (AvgIpc) is 3.35. The zero-order valence-electron chi connectivity index (χ0n) is 14.4. The molecule has 0 amide bonds. The fraction of sp³-hybridized carbons (Fsp3) is 0.316. The molecule has 1 aromatic carbocycles. The van der Waals surface area contributed by atoms with E-state index >= 15 is 0 Å². The molecule has 0 spiro atoms. The lowest BCUT2D eigenvalue weighted by molar-refractivity contribution is 0.836. The van der Waals surface area contributed by atoms with Crippen LogP contribution in [0.4, 0.5) is 5.95 Å². The monoisotopic (exact) mass is 349 g/mol. The van der Waals surface area contributed by atoms with Crippen molar-refractivity contribution >= 4 is 33.1 Å². The Morgan fingerprint density at radius 3 is 2.52 bits per heavy atom. The van der Waals surface area contributed by atoms with Crippen molar-refractivity contribution in [2.75, 3.05) is 18.0 Å². The molecule has 0 bridgehead atoms. The summed E-state index contributed by atoms with van der Waals surface area (Å²) in [4.78, 5) is 14.6. The maximum absolute atomic E-state index is 4.98. The van der Waals surface area contributed by atoms with Crippen LogP contribution in [0.2, 0.25) is 0 Å². The number of benzene rings is 1. The van der Waals surface area contributed by atoms with Crippen molar-refractivity contribution < 1.29 is 0 Å². The maximum Gasteiger partial charge on any atom is 0.229 e. The Morgan fingerprint density at radius 1 is 1.00 bits per heavy atom. The first-order valence-electron chi connectivity index (χ1n) is 8.69. The lowest BCUT2D eigenvalue weighted by atomic mass is 10.2. The summed E-state index contributed by atoms with van der Waals surface area (Å²) in [6, 6.07) is 10.2. The maximum atomic E-state index is 4.98. The van der Waals surface area contributed by atoms with Crippen LogP contribution in [0.3, 0.4) is 0 Å². The summed E-state index contributed by atoms with van der Waals surface area (Å²) >= 11 is 1.75. The van der Waals surface area contributed by atoms with Gasteiger partial charge in [-0.15, -0.1) is 16.4 Å². The normalized spacial score (nSPS) is 14.9. The van der Waals surface area contributed by atoms with Gasteiger partial charge in [-0.3, -0.25) is 0 Å². The molecule has 4 aromatic rings. The topological polar surface area (TPSA) is 46.3 Å². The summed E-state index contributed by atoms with van der Waals surface area (Å²) in [5.74, 6) is 1.69. The fourth-order valence-electron chi connectivity index (χ4n) is 3.53. The summed E-state index contributed by atoms with van der Waals surface area (Å²) in [6.45, 7) is 6.39. The molecule has 1 aliphatic heterocycles. The zero-order valence-corrected chi connectivity index (χ0v) is 15.2. The van der Waals surface area contributed by atoms with Gasteiger partial charge in [0.15, 0.2) is 11.5 Å². The lowest BCUT2D eigenvalue weighted by Gasteiger charge is -2.16. The van der Waals surface area contributed by atoms with Crippen LogP contribution in [0.5, 0.6) is 0 Å². The summed E-state index contributed by atoms with van der Waals surface area (Å²) in [5.41, 5.74) is 3.22. The molecule has 1 aliphatic rings. The highest BCUT2D eigenvalue weighted by Crippen LogP contribution is 2.35. The number of thiophene rings is 1. The number of hydrogen-bond donors (Lipinski definition) is 0. The van der Waals surface area contributed by atoms with E-state index in [4.69, 9.17) is 15.1 Å². The highest BCUT2D eigenvalue weighted by molar-refractivity contribution is 7.18. The molecule has 25 heavy (non-hydrogen) atoms. The van der Waals surface area contributed by atoms with Crippen molar-refractivity contribution in [1.82, 2.24) is 19.6 Å². The smallest absolute Gasteiger partial charge is 0.229 e. The van der Waals surface area contributed by atoms with E-state index in [0.29, 0.717) is 0 Å². The van der Waals surface area contributed by atoms with Gasteiger partial charge in [0, 0.05) is 23.5 Å². The second-order valence-electron chi connectivity index (χ2n) is 6.61. The van der Waals surface area contributed by atoms with Gasteiger partial charge in [0.05, 0.1) is 5.39 Å². The standard InChI is InChI=1S/C19H19N5S/c1-12-13(2)25-18-15(12)17-20-16(14-8-4-3-5-9-14)22-24(17)19(21-18)23-10-6-7-11-23/h3-5,8-9H,6-7,10-11H2,1-2H3. The van der Waals surface area contributed by atoms with E-state index in [2.05, 4.69) is 30.9 Å². The number of anilines is 1. The minimum absolute atomic E-state index is 0.763. The van der Waals surface area contributed by atoms with Gasteiger partial charge >= 0.3 is 0 Å². The van der Waals surface area contributed by atoms with Crippen LogP contribution in [-0.2, 0) is 0 Å².